The van der Waals surface area contributed by atoms with Crippen LogP contribution in [-0.4, -0.2) is 48.3 Å². The maximum atomic E-state index is 11.9. The van der Waals surface area contributed by atoms with Crippen molar-refractivity contribution in [1.82, 2.24) is 25.0 Å². The minimum Gasteiger partial charge on any atom is -0.314 e. The highest BCUT2D eigenvalue weighted by atomic mass is 32.2. The number of rotatable bonds is 8. The van der Waals surface area contributed by atoms with E-state index in [9.17, 15) is 8.42 Å². The van der Waals surface area contributed by atoms with Crippen LogP contribution in [0.2, 0.25) is 0 Å². The van der Waals surface area contributed by atoms with Gasteiger partial charge in [-0.1, -0.05) is 11.6 Å². The number of aromatic nitrogens is 3. The van der Waals surface area contributed by atoms with Crippen molar-refractivity contribution < 1.29 is 8.42 Å². The minimum atomic E-state index is -3.16. The van der Waals surface area contributed by atoms with Gasteiger partial charge in [0, 0.05) is 25.3 Å². The van der Waals surface area contributed by atoms with E-state index < -0.39 is 10.0 Å². The first-order valence-electron chi connectivity index (χ1n) is 7.20. The minimum absolute atomic E-state index is 0.202. The van der Waals surface area contributed by atoms with Crippen LogP contribution in [0.25, 0.3) is 0 Å². The van der Waals surface area contributed by atoms with Gasteiger partial charge in [0.05, 0.1) is 11.9 Å². The van der Waals surface area contributed by atoms with E-state index in [0.717, 1.165) is 13.0 Å². The molecule has 0 bridgehead atoms. The first-order valence-corrected chi connectivity index (χ1v) is 8.86. The van der Waals surface area contributed by atoms with Crippen LogP contribution in [0, 0.1) is 0 Å². The second-order valence-electron chi connectivity index (χ2n) is 5.17. The Balaban J connectivity index is 1.60. The molecule has 0 aliphatic carbocycles. The molecule has 0 saturated carbocycles. The average Bonchev–Trinajstić information content (AvgIpc) is 2.96. The van der Waals surface area contributed by atoms with Gasteiger partial charge in [0.25, 0.3) is 0 Å². The van der Waals surface area contributed by atoms with Gasteiger partial charge >= 0.3 is 0 Å². The summed E-state index contributed by atoms with van der Waals surface area (Å²) in [5, 5.41) is 10.9. The van der Waals surface area contributed by atoms with Crippen LogP contribution in [0.1, 0.15) is 32.1 Å². The summed E-state index contributed by atoms with van der Waals surface area (Å²) in [6.45, 7) is 2.13. The van der Waals surface area contributed by atoms with Gasteiger partial charge < -0.3 is 5.32 Å². The topological polar surface area (TPSA) is 88.9 Å². The summed E-state index contributed by atoms with van der Waals surface area (Å²) in [5.41, 5.74) is 0. The summed E-state index contributed by atoms with van der Waals surface area (Å²) in [6.07, 6.45) is 8.27. The van der Waals surface area contributed by atoms with Gasteiger partial charge in [0.15, 0.2) is 0 Å². The molecule has 0 radical (unpaired) electrons. The smallest absolute Gasteiger partial charge is 0.211 e. The van der Waals surface area contributed by atoms with E-state index in [-0.39, 0.29) is 5.75 Å². The summed E-state index contributed by atoms with van der Waals surface area (Å²) < 4.78 is 28.1. The van der Waals surface area contributed by atoms with Gasteiger partial charge in [-0.2, -0.15) is 0 Å². The van der Waals surface area contributed by atoms with Crippen molar-refractivity contribution >= 4 is 10.0 Å². The van der Waals surface area contributed by atoms with Crippen LogP contribution >= 0.6 is 0 Å². The zero-order valence-corrected chi connectivity index (χ0v) is 12.5. The SMILES string of the molecule is O=S(=O)(CCC1CCCCN1)NCCCn1ccnn1. The Morgan fingerprint density at radius 1 is 1.40 bits per heavy atom. The third kappa shape index (κ3) is 5.56. The van der Waals surface area contributed by atoms with Gasteiger partial charge in [-0.15, -0.1) is 5.10 Å². The van der Waals surface area contributed by atoms with E-state index in [0.29, 0.717) is 32.0 Å². The summed E-state index contributed by atoms with van der Waals surface area (Å²) in [4.78, 5) is 0. The molecule has 1 aromatic heterocycles. The lowest BCUT2D eigenvalue weighted by atomic mass is 10.0. The number of aryl methyl sites for hydroxylation is 1. The molecule has 1 fully saturated rings. The molecule has 8 heteroatoms. The maximum Gasteiger partial charge on any atom is 0.211 e. The van der Waals surface area contributed by atoms with Crippen molar-refractivity contribution in [2.75, 3.05) is 18.8 Å². The molecule has 1 aliphatic rings. The number of piperidine rings is 1. The first kappa shape index (κ1) is 15.4. The Hall–Kier alpha value is -0.990. The molecule has 1 saturated heterocycles. The van der Waals surface area contributed by atoms with Crippen molar-refractivity contribution in [3.8, 4) is 0 Å². The maximum absolute atomic E-state index is 11.9. The zero-order chi connectivity index (χ0) is 14.3. The lowest BCUT2D eigenvalue weighted by molar-refractivity contribution is 0.392. The van der Waals surface area contributed by atoms with Gasteiger partial charge in [-0.3, -0.25) is 4.68 Å². The van der Waals surface area contributed by atoms with Crippen LogP contribution in [-0.2, 0) is 16.6 Å². The second kappa shape index (κ2) is 7.70. The van der Waals surface area contributed by atoms with Crippen LogP contribution in [0.4, 0.5) is 0 Å². The van der Waals surface area contributed by atoms with Crippen molar-refractivity contribution in [3.05, 3.63) is 12.4 Å². The van der Waals surface area contributed by atoms with E-state index in [2.05, 4.69) is 20.4 Å². The van der Waals surface area contributed by atoms with E-state index >= 15 is 0 Å². The fourth-order valence-electron chi connectivity index (χ4n) is 2.36. The third-order valence-corrected chi connectivity index (χ3v) is 4.92. The van der Waals surface area contributed by atoms with Crippen molar-refractivity contribution in [3.63, 3.8) is 0 Å². The highest BCUT2D eigenvalue weighted by Gasteiger charge is 2.16. The third-order valence-electron chi connectivity index (χ3n) is 3.51. The molecule has 2 N–H and O–H groups in total. The molecule has 1 atom stereocenters. The van der Waals surface area contributed by atoms with Crippen LogP contribution < -0.4 is 10.0 Å². The number of nitrogens with zero attached hydrogens (tertiary/aromatic N) is 3. The van der Waals surface area contributed by atoms with Gasteiger partial charge in [0.2, 0.25) is 10.0 Å². The van der Waals surface area contributed by atoms with E-state index in [4.69, 9.17) is 0 Å². The van der Waals surface area contributed by atoms with Crippen LogP contribution in [0.15, 0.2) is 12.4 Å². The molecule has 2 rings (SSSR count). The quantitative estimate of drug-likeness (QED) is 0.666. The molecule has 20 heavy (non-hydrogen) atoms. The zero-order valence-electron chi connectivity index (χ0n) is 11.7. The van der Waals surface area contributed by atoms with Crippen molar-refractivity contribution in [2.24, 2.45) is 0 Å². The Labute approximate surface area is 120 Å². The molecular weight excluding hydrogens is 278 g/mol. The number of hydrogen-bond acceptors (Lipinski definition) is 5. The van der Waals surface area contributed by atoms with Crippen molar-refractivity contribution in [2.45, 2.75) is 44.7 Å². The largest absolute Gasteiger partial charge is 0.314 e. The Morgan fingerprint density at radius 3 is 3.00 bits per heavy atom. The first-order chi connectivity index (χ1) is 9.66. The molecule has 114 valence electrons. The molecule has 0 spiro atoms. The van der Waals surface area contributed by atoms with E-state index in [1.54, 1.807) is 17.1 Å². The highest BCUT2D eigenvalue weighted by Crippen LogP contribution is 2.10. The number of hydrogen-bond donors (Lipinski definition) is 2. The number of nitrogens with one attached hydrogen (secondary N) is 2. The van der Waals surface area contributed by atoms with Crippen LogP contribution in [0.3, 0.4) is 0 Å². The Kier molecular flexibility index (Phi) is 5.93. The fraction of sp³-hybridized carbons (Fsp3) is 0.833. The van der Waals surface area contributed by atoms with Crippen molar-refractivity contribution in [1.29, 1.82) is 0 Å². The molecule has 0 amide bonds. The normalized spacial score (nSPS) is 20.1. The lowest BCUT2D eigenvalue weighted by Crippen LogP contribution is -2.37. The Morgan fingerprint density at radius 2 is 2.30 bits per heavy atom. The molecule has 1 aromatic rings. The summed E-state index contributed by atoms with van der Waals surface area (Å²) in [6, 6.07) is 0.357. The fourth-order valence-corrected chi connectivity index (χ4v) is 3.56. The van der Waals surface area contributed by atoms with E-state index in [1.807, 2.05) is 0 Å². The molecule has 1 unspecified atom stereocenters. The van der Waals surface area contributed by atoms with Crippen LogP contribution in [0.5, 0.6) is 0 Å². The predicted molar refractivity (Wildman–Crippen MR) is 76.7 cm³/mol. The predicted octanol–water partition coefficient (Wildman–Crippen LogP) is 0.120. The molecule has 2 heterocycles. The summed E-state index contributed by atoms with van der Waals surface area (Å²) >= 11 is 0. The second-order valence-corrected chi connectivity index (χ2v) is 7.09. The monoisotopic (exact) mass is 301 g/mol. The highest BCUT2D eigenvalue weighted by molar-refractivity contribution is 7.89. The lowest BCUT2D eigenvalue weighted by Gasteiger charge is -2.23. The standard InChI is InChI=1S/C12H23N5O2S/c18-20(19,11-5-12-4-1-2-6-13-12)15-7-3-9-17-10-8-14-16-17/h8,10,12-13,15H,1-7,9,11H2. The summed E-state index contributed by atoms with van der Waals surface area (Å²) in [5.74, 6) is 0.202. The molecule has 7 nitrogen and oxygen atoms in total. The van der Waals surface area contributed by atoms with Gasteiger partial charge in [0.1, 0.15) is 0 Å². The van der Waals surface area contributed by atoms with Gasteiger partial charge in [-0.25, -0.2) is 13.1 Å². The molecule has 0 aromatic carbocycles. The molecular formula is C12H23N5O2S. The molecule has 1 aliphatic heterocycles. The number of sulfonamides is 1. The Bertz CT molecular complexity index is 468. The average molecular weight is 301 g/mol. The van der Waals surface area contributed by atoms with Gasteiger partial charge in [-0.05, 0) is 32.2 Å². The van der Waals surface area contributed by atoms with E-state index in [1.165, 1.54) is 12.8 Å². The summed E-state index contributed by atoms with van der Waals surface area (Å²) in [7, 11) is -3.16.